The molecule has 1 heterocycles. The quantitative estimate of drug-likeness (QED) is 0.663. The molecule has 27 heavy (non-hydrogen) atoms. The van der Waals surface area contributed by atoms with Crippen LogP contribution in [-0.4, -0.2) is 44.9 Å². The standard InChI is InChI=1S/C18H21NO7S/c1-12(2)19(3)27(22,23)15-7-5-6-13(10-15)17(20)25-11-14-8-9-16(26-14)18(21)24-4/h5-10,12H,11H2,1-4H3. The number of methoxy groups -OCH3 is 1. The van der Waals surface area contributed by atoms with Gasteiger partial charge in [0.25, 0.3) is 0 Å². The van der Waals surface area contributed by atoms with Crippen LogP contribution in [0.4, 0.5) is 0 Å². The Morgan fingerprint density at radius 1 is 1.15 bits per heavy atom. The summed E-state index contributed by atoms with van der Waals surface area (Å²) >= 11 is 0. The molecule has 2 rings (SSSR count). The Bertz CT molecular complexity index is 931. The zero-order chi connectivity index (χ0) is 20.2. The van der Waals surface area contributed by atoms with E-state index in [9.17, 15) is 18.0 Å². The Kier molecular flexibility index (Phi) is 6.40. The van der Waals surface area contributed by atoms with E-state index in [0.717, 1.165) is 0 Å². The van der Waals surface area contributed by atoms with Crippen molar-refractivity contribution in [1.82, 2.24) is 4.31 Å². The van der Waals surface area contributed by atoms with Crippen molar-refractivity contribution in [3.8, 4) is 0 Å². The van der Waals surface area contributed by atoms with E-state index >= 15 is 0 Å². The van der Waals surface area contributed by atoms with Gasteiger partial charge in [0.05, 0.1) is 17.6 Å². The lowest BCUT2D eigenvalue weighted by molar-refractivity contribution is 0.0438. The van der Waals surface area contributed by atoms with Crippen molar-refractivity contribution in [2.45, 2.75) is 31.4 Å². The number of furan rings is 1. The predicted octanol–water partition coefficient (Wildman–Crippen LogP) is 2.45. The van der Waals surface area contributed by atoms with Crippen molar-refractivity contribution in [2.24, 2.45) is 0 Å². The van der Waals surface area contributed by atoms with E-state index in [2.05, 4.69) is 4.74 Å². The fourth-order valence-corrected chi connectivity index (χ4v) is 3.53. The lowest BCUT2D eigenvalue weighted by Crippen LogP contribution is -2.33. The molecular weight excluding hydrogens is 374 g/mol. The van der Waals surface area contributed by atoms with Gasteiger partial charge in [-0.2, -0.15) is 4.31 Å². The summed E-state index contributed by atoms with van der Waals surface area (Å²) in [5, 5.41) is 0. The van der Waals surface area contributed by atoms with Gasteiger partial charge < -0.3 is 13.9 Å². The molecule has 9 heteroatoms. The lowest BCUT2D eigenvalue weighted by atomic mass is 10.2. The van der Waals surface area contributed by atoms with Gasteiger partial charge in [0.1, 0.15) is 12.4 Å². The molecule has 146 valence electrons. The van der Waals surface area contributed by atoms with Gasteiger partial charge >= 0.3 is 11.9 Å². The van der Waals surface area contributed by atoms with E-state index in [1.165, 1.54) is 54.9 Å². The molecule has 8 nitrogen and oxygen atoms in total. The molecule has 1 aromatic carbocycles. The molecule has 0 atom stereocenters. The van der Waals surface area contributed by atoms with Crippen LogP contribution in [-0.2, 0) is 26.1 Å². The highest BCUT2D eigenvalue weighted by molar-refractivity contribution is 7.89. The smallest absolute Gasteiger partial charge is 0.373 e. The van der Waals surface area contributed by atoms with Gasteiger partial charge in [0, 0.05) is 13.1 Å². The summed E-state index contributed by atoms with van der Waals surface area (Å²) in [4.78, 5) is 23.6. The van der Waals surface area contributed by atoms with Crippen LogP contribution >= 0.6 is 0 Å². The van der Waals surface area contributed by atoms with Gasteiger partial charge in [0.2, 0.25) is 15.8 Å². The zero-order valence-electron chi connectivity index (χ0n) is 15.5. The molecule has 0 aliphatic rings. The highest BCUT2D eigenvalue weighted by Crippen LogP contribution is 2.19. The van der Waals surface area contributed by atoms with Crippen molar-refractivity contribution in [3.05, 3.63) is 53.5 Å². The minimum Gasteiger partial charge on any atom is -0.463 e. The molecule has 0 fully saturated rings. The fraction of sp³-hybridized carbons (Fsp3) is 0.333. The average molecular weight is 395 g/mol. The van der Waals surface area contributed by atoms with Crippen molar-refractivity contribution in [1.29, 1.82) is 0 Å². The Hall–Kier alpha value is -2.65. The molecule has 0 saturated carbocycles. The van der Waals surface area contributed by atoms with Crippen LogP contribution in [0.25, 0.3) is 0 Å². The number of carbonyl (C=O) groups excluding carboxylic acids is 2. The summed E-state index contributed by atoms with van der Waals surface area (Å²) in [5.41, 5.74) is 0.0907. The highest BCUT2D eigenvalue weighted by Gasteiger charge is 2.24. The Morgan fingerprint density at radius 2 is 1.85 bits per heavy atom. The van der Waals surface area contributed by atoms with Crippen LogP contribution < -0.4 is 0 Å². The van der Waals surface area contributed by atoms with Crippen LogP contribution in [0.5, 0.6) is 0 Å². The van der Waals surface area contributed by atoms with E-state index < -0.39 is 22.0 Å². The average Bonchev–Trinajstić information content (AvgIpc) is 3.13. The molecular formula is C18H21NO7S. The van der Waals surface area contributed by atoms with Crippen molar-refractivity contribution in [3.63, 3.8) is 0 Å². The Morgan fingerprint density at radius 3 is 2.48 bits per heavy atom. The largest absolute Gasteiger partial charge is 0.463 e. The number of ether oxygens (including phenoxy) is 2. The number of hydrogen-bond donors (Lipinski definition) is 0. The third-order valence-corrected chi connectivity index (χ3v) is 5.90. The van der Waals surface area contributed by atoms with Crippen LogP contribution in [0.2, 0.25) is 0 Å². The second-order valence-electron chi connectivity index (χ2n) is 5.98. The molecule has 0 unspecified atom stereocenters. The van der Waals surface area contributed by atoms with Crippen molar-refractivity contribution in [2.75, 3.05) is 14.2 Å². The highest BCUT2D eigenvalue weighted by atomic mass is 32.2. The first-order valence-corrected chi connectivity index (χ1v) is 9.53. The molecule has 0 bridgehead atoms. The minimum absolute atomic E-state index is 0.000809. The predicted molar refractivity (Wildman–Crippen MR) is 95.7 cm³/mol. The Balaban J connectivity index is 2.11. The van der Waals surface area contributed by atoms with E-state index in [4.69, 9.17) is 9.15 Å². The van der Waals surface area contributed by atoms with E-state index in [1.54, 1.807) is 13.8 Å². The number of rotatable bonds is 7. The molecule has 2 aromatic rings. The van der Waals surface area contributed by atoms with E-state index in [1.807, 2.05) is 0 Å². The molecule has 0 N–H and O–H groups in total. The third-order valence-electron chi connectivity index (χ3n) is 3.87. The molecule has 0 spiro atoms. The van der Waals surface area contributed by atoms with Crippen LogP contribution in [0.1, 0.15) is 40.5 Å². The van der Waals surface area contributed by atoms with Gasteiger partial charge in [-0.1, -0.05) is 6.07 Å². The number of esters is 2. The molecule has 0 radical (unpaired) electrons. The summed E-state index contributed by atoms with van der Waals surface area (Å²) in [6, 6.07) is 8.27. The van der Waals surface area contributed by atoms with Crippen molar-refractivity contribution >= 4 is 22.0 Å². The summed E-state index contributed by atoms with van der Waals surface area (Å²) in [7, 11) is -1.02. The molecule has 0 saturated heterocycles. The molecule has 0 aliphatic heterocycles. The van der Waals surface area contributed by atoms with Gasteiger partial charge in [0.15, 0.2) is 0 Å². The first-order chi connectivity index (χ1) is 12.7. The molecule has 0 amide bonds. The number of hydrogen-bond acceptors (Lipinski definition) is 7. The molecule has 1 aromatic heterocycles. The third kappa shape index (κ3) is 4.75. The number of sulfonamides is 1. The monoisotopic (exact) mass is 395 g/mol. The topological polar surface area (TPSA) is 103 Å². The van der Waals surface area contributed by atoms with Crippen LogP contribution in [0.15, 0.2) is 45.7 Å². The van der Waals surface area contributed by atoms with Crippen molar-refractivity contribution < 1.29 is 31.9 Å². The fourth-order valence-electron chi connectivity index (χ4n) is 2.11. The van der Waals surface area contributed by atoms with E-state index in [0.29, 0.717) is 0 Å². The number of benzene rings is 1. The lowest BCUT2D eigenvalue weighted by Gasteiger charge is -2.21. The van der Waals surface area contributed by atoms with Gasteiger partial charge in [-0.05, 0) is 44.2 Å². The van der Waals surface area contributed by atoms with Crippen LogP contribution in [0.3, 0.4) is 0 Å². The normalized spacial score (nSPS) is 11.6. The maximum absolute atomic E-state index is 12.5. The summed E-state index contributed by atoms with van der Waals surface area (Å²) < 4.78 is 41.1. The summed E-state index contributed by atoms with van der Waals surface area (Å²) in [6.45, 7) is 3.29. The number of nitrogens with zero attached hydrogens (tertiary/aromatic N) is 1. The first kappa shape index (κ1) is 20.7. The van der Waals surface area contributed by atoms with Gasteiger partial charge in [-0.25, -0.2) is 18.0 Å². The SMILES string of the molecule is COC(=O)c1ccc(COC(=O)c2cccc(S(=O)(=O)N(C)C(C)C)c2)o1. The first-order valence-electron chi connectivity index (χ1n) is 8.09. The Labute approximate surface area is 157 Å². The minimum atomic E-state index is -3.71. The van der Waals surface area contributed by atoms with Gasteiger partial charge in [-0.3, -0.25) is 0 Å². The second kappa shape index (κ2) is 8.36. The second-order valence-corrected chi connectivity index (χ2v) is 7.97. The maximum atomic E-state index is 12.5. The van der Waals surface area contributed by atoms with E-state index in [-0.39, 0.29) is 34.6 Å². The van der Waals surface area contributed by atoms with Crippen LogP contribution in [0, 0.1) is 0 Å². The van der Waals surface area contributed by atoms with Gasteiger partial charge in [-0.15, -0.1) is 0 Å². The summed E-state index contributed by atoms with van der Waals surface area (Å²) in [5.74, 6) is -1.10. The maximum Gasteiger partial charge on any atom is 0.373 e. The summed E-state index contributed by atoms with van der Waals surface area (Å²) in [6.07, 6.45) is 0. The zero-order valence-corrected chi connectivity index (χ0v) is 16.3. The number of carbonyl (C=O) groups is 2. The molecule has 0 aliphatic carbocycles.